The van der Waals surface area contributed by atoms with Crippen LogP contribution in [-0.4, -0.2) is 19.2 Å². The Morgan fingerprint density at radius 1 is 1.09 bits per heavy atom. The van der Waals surface area contributed by atoms with E-state index in [0.717, 1.165) is 22.4 Å². The van der Waals surface area contributed by atoms with Crippen molar-refractivity contribution in [2.45, 2.75) is 33.5 Å². The van der Waals surface area contributed by atoms with Crippen molar-refractivity contribution in [1.82, 2.24) is 0 Å². The molecule has 0 aliphatic carbocycles. The Bertz CT molecular complexity index is 659. The van der Waals surface area contributed by atoms with Crippen LogP contribution in [0.1, 0.15) is 23.6 Å². The van der Waals surface area contributed by atoms with Gasteiger partial charge in [-0.05, 0) is 49.6 Å². The second-order valence-electron chi connectivity index (χ2n) is 5.45. The van der Waals surface area contributed by atoms with Gasteiger partial charge in [0, 0.05) is 0 Å². The van der Waals surface area contributed by atoms with E-state index in [4.69, 9.17) is 14.2 Å². The van der Waals surface area contributed by atoms with Gasteiger partial charge in [0.1, 0.15) is 11.5 Å². The molecule has 0 amide bonds. The first-order valence-electron chi connectivity index (χ1n) is 7.53. The summed E-state index contributed by atoms with van der Waals surface area (Å²) in [5.41, 5.74) is 2.80. The van der Waals surface area contributed by atoms with Crippen molar-refractivity contribution in [3.8, 4) is 11.5 Å². The molecule has 0 aliphatic heterocycles. The van der Waals surface area contributed by atoms with Gasteiger partial charge in [-0.1, -0.05) is 30.3 Å². The van der Waals surface area contributed by atoms with Gasteiger partial charge in [0.2, 0.25) is 0 Å². The summed E-state index contributed by atoms with van der Waals surface area (Å²) in [5.74, 6) is 0.969. The zero-order chi connectivity index (χ0) is 16.8. The van der Waals surface area contributed by atoms with Crippen LogP contribution in [-0.2, 0) is 16.1 Å². The lowest BCUT2D eigenvalue weighted by atomic mass is 10.1. The Kier molecular flexibility index (Phi) is 5.77. The maximum Gasteiger partial charge on any atom is 0.340 e. The fraction of sp³-hybridized carbons (Fsp3) is 0.316. The van der Waals surface area contributed by atoms with E-state index in [-0.39, 0.29) is 0 Å². The summed E-state index contributed by atoms with van der Waals surface area (Å²) in [6.45, 7) is 5.84. The monoisotopic (exact) mass is 314 g/mol. The van der Waals surface area contributed by atoms with Crippen molar-refractivity contribution < 1.29 is 19.0 Å². The Hall–Kier alpha value is -2.33. The molecule has 0 N–H and O–H groups in total. The predicted octanol–water partition coefficient (Wildman–Crippen LogP) is 3.82. The first-order chi connectivity index (χ1) is 11.0. The molecule has 0 aromatic heterocycles. The third-order valence-corrected chi connectivity index (χ3v) is 3.58. The number of esters is 1. The van der Waals surface area contributed by atoms with Gasteiger partial charge in [-0.3, -0.25) is 0 Å². The molecule has 0 radical (unpaired) electrons. The van der Waals surface area contributed by atoms with Crippen molar-refractivity contribution in [1.29, 1.82) is 0 Å². The molecule has 0 spiro atoms. The van der Waals surface area contributed by atoms with E-state index in [1.165, 1.54) is 0 Å². The zero-order valence-corrected chi connectivity index (χ0v) is 14.0. The molecular weight excluding hydrogens is 292 g/mol. The number of carbonyl (C=O) groups is 1. The molecule has 0 aliphatic rings. The normalized spacial score (nSPS) is 11.8. The van der Waals surface area contributed by atoms with E-state index in [9.17, 15) is 4.79 Å². The molecular formula is C19H22O4. The highest BCUT2D eigenvalue weighted by molar-refractivity contribution is 5.77. The van der Waals surface area contributed by atoms with Crippen LogP contribution in [0.15, 0.2) is 42.5 Å². The zero-order valence-electron chi connectivity index (χ0n) is 14.0. The molecule has 1 unspecified atom stereocenters. The van der Waals surface area contributed by atoms with Crippen LogP contribution in [0.2, 0.25) is 0 Å². The minimum atomic E-state index is -0.653. The number of hydrogen-bond donors (Lipinski definition) is 0. The van der Waals surface area contributed by atoms with Gasteiger partial charge < -0.3 is 14.2 Å². The fourth-order valence-corrected chi connectivity index (χ4v) is 2.20. The first kappa shape index (κ1) is 17.0. The molecule has 2 aromatic carbocycles. The molecule has 0 heterocycles. The number of rotatable bonds is 6. The van der Waals surface area contributed by atoms with Crippen LogP contribution in [0.3, 0.4) is 0 Å². The summed E-state index contributed by atoms with van der Waals surface area (Å²) < 4.78 is 16.3. The fourth-order valence-electron chi connectivity index (χ4n) is 2.20. The van der Waals surface area contributed by atoms with E-state index in [1.807, 2.05) is 56.3 Å². The minimum Gasteiger partial charge on any atom is -0.497 e. The Balaban J connectivity index is 1.95. The third kappa shape index (κ3) is 4.57. The van der Waals surface area contributed by atoms with Crippen LogP contribution < -0.4 is 9.47 Å². The van der Waals surface area contributed by atoms with E-state index in [0.29, 0.717) is 12.4 Å². The topological polar surface area (TPSA) is 44.8 Å². The largest absolute Gasteiger partial charge is 0.497 e. The summed E-state index contributed by atoms with van der Waals surface area (Å²) in [5, 5.41) is 0. The van der Waals surface area contributed by atoms with E-state index in [1.54, 1.807) is 14.0 Å². The number of ether oxygens (including phenoxy) is 3. The van der Waals surface area contributed by atoms with Crippen LogP contribution in [0.5, 0.6) is 11.5 Å². The van der Waals surface area contributed by atoms with Crippen molar-refractivity contribution >= 4 is 5.97 Å². The maximum atomic E-state index is 12.2. The average Bonchev–Trinajstić information content (AvgIpc) is 2.56. The van der Waals surface area contributed by atoms with E-state index in [2.05, 4.69) is 0 Å². The lowest BCUT2D eigenvalue weighted by Crippen LogP contribution is -2.26. The van der Waals surface area contributed by atoms with Gasteiger partial charge in [0.25, 0.3) is 0 Å². The Morgan fingerprint density at radius 3 is 2.39 bits per heavy atom. The standard InChI is InChI=1S/C19H22O4/c1-13-7-5-8-14(2)18(13)23-19(20)15(3)22-12-16-9-6-10-17(11-16)21-4/h5-11,15H,12H2,1-4H3. The molecule has 2 aromatic rings. The van der Waals surface area contributed by atoms with Gasteiger partial charge in [-0.2, -0.15) is 0 Å². The molecule has 4 heteroatoms. The van der Waals surface area contributed by atoms with Crippen LogP contribution in [0.4, 0.5) is 0 Å². The number of aryl methyl sites for hydroxylation is 2. The molecule has 23 heavy (non-hydrogen) atoms. The molecule has 2 rings (SSSR count). The van der Waals surface area contributed by atoms with Crippen LogP contribution in [0, 0.1) is 13.8 Å². The smallest absolute Gasteiger partial charge is 0.340 e. The predicted molar refractivity (Wildman–Crippen MR) is 88.8 cm³/mol. The van der Waals surface area contributed by atoms with Crippen molar-refractivity contribution in [3.05, 3.63) is 59.2 Å². The summed E-state index contributed by atoms with van der Waals surface area (Å²) in [6.07, 6.45) is -0.653. The maximum absolute atomic E-state index is 12.2. The summed E-state index contributed by atoms with van der Waals surface area (Å²) in [7, 11) is 1.62. The second kappa shape index (κ2) is 7.79. The van der Waals surface area contributed by atoms with E-state index < -0.39 is 12.1 Å². The highest BCUT2D eigenvalue weighted by Gasteiger charge is 2.18. The van der Waals surface area contributed by atoms with Crippen molar-refractivity contribution in [2.75, 3.05) is 7.11 Å². The number of benzene rings is 2. The van der Waals surface area contributed by atoms with Crippen LogP contribution in [0.25, 0.3) is 0 Å². The lowest BCUT2D eigenvalue weighted by molar-refractivity contribution is -0.147. The lowest BCUT2D eigenvalue weighted by Gasteiger charge is -2.15. The molecule has 0 saturated carbocycles. The first-order valence-corrected chi connectivity index (χ1v) is 7.53. The van der Waals surface area contributed by atoms with Gasteiger partial charge in [-0.15, -0.1) is 0 Å². The molecule has 122 valence electrons. The quantitative estimate of drug-likeness (QED) is 0.600. The second-order valence-corrected chi connectivity index (χ2v) is 5.45. The molecule has 0 fully saturated rings. The molecule has 4 nitrogen and oxygen atoms in total. The van der Waals surface area contributed by atoms with Gasteiger partial charge in [0.05, 0.1) is 13.7 Å². The third-order valence-electron chi connectivity index (χ3n) is 3.58. The SMILES string of the molecule is COc1cccc(COC(C)C(=O)Oc2c(C)cccc2C)c1. The highest BCUT2D eigenvalue weighted by Crippen LogP contribution is 2.23. The van der Waals surface area contributed by atoms with Gasteiger partial charge in [0.15, 0.2) is 6.10 Å². The number of methoxy groups -OCH3 is 1. The number of hydrogen-bond acceptors (Lipinski definition) is 4. The molecule has 0 saturated heterocycles. The highest BCUT2D eigenvalue weighted by atomic mass is 16.6. The summed E-state index contributed by atoms with van der Waals surface area (Å²) >= 11 is 0. The summed E-state index contributed by atoms with van der Waals surface area (Å²) in [6, 6.07) is 13.3. The van der Waals surface area contributed by atoms with Crippen LogP contribution >= 0.6 is 0 Å². The van der Waals surface area contributed by atoms with E-state index >= 15 is 0 Å². The number of carbonyl (C=O) groups excluding carboxylic acids is 1. The Morgan fingerprint density at radius 2 is 1.74 bits per heavy atom. The number of para-hydroxylation sites is 1. The van der Waals surface area contributed by atoms with Gasteiger partial charge in [-0.25, -0.2) is 4.79 Å². The molecule has 0 bridgehead atoms. The summed E-state index contributed by atoms with van der Waals surface area (Å²) in [4.78, 5) is 12.2. The van der Waals surface area contributed by atoms with Crippen molar-refractivity contribution in [2.24, 2.45) is 0 Å². The average molecular weight is 314 g/mol. The molecule has 1 atom stereocenters. The van der Waals surface area contributed by atoms with Gasteiger partial charge >= 0.3 is 5.97 Å². The Labute approximate surface area is 137 Å². The minimum absolute atomic E-state index is 0.320. The van der Waals surface area contributed by atoms with Crippen molar-refractivity contribution in [3.63, 3.8) is 0 Å².